The summed E-state index contributed by atoms with van der Waals surface area (Å²) in [4.78, 5) is 14.1. The summed E-state index contributed by atoms with van der Waals surface area (Å²) >= 11 is 0. The van der Waals surface area contributed by atoms with E-state index in [1.807, 2.05) is 31.2 Å². The van der Waals surface area contributed by atoms with Gasteiger partial charge in [-0.1, -0.05) is 24.3 Å². The SMILES string of the molecule is CC(C(=O)N(C)Cc1cccc(O)c1)c1cccc(N)c1. The van der Waals surface area contributed by atoms with Crippen molar-refractivity contribution in [3.05, 3.63) is 59.7 Å². The Hall–Kier alpha value is -2.49. The van der Waals surface area contributed by atoms with Gasteiger partial charge < -0.3 is 15.7 Å². The maximum Gasteiger partial charge on any atom is 0.229 e. The molecule has 4 heteroatoms. The Bertz CT molecular complexity index is 640. The minimum absolute atomic E-state index is 0.0175. The minimum Gasteiger partial charge on any atom is -0.508 e. The van der Waals surface area contributed by atoms with Gasteiger partial charge in [0.25, 0.3) is 0 Å². The molecule has 2 aromatic carbocycles. The first-order valence-corrected chi connectivity index (χ1v) is 6.85. The van der Waals surface area contributed by atoms with Gasteiger partial charge in [0.15, 0.2) is 0 Å². The van der Waals surface area contributed by atoms with Crippen molar-refractivity contribution in [3.8, 4) is 5.75 Å². The zero-order chi connectivity index (χ0) is 15.4. The van der Waals surface area contributed by atoms with Crippen molar-refractivity contribution in [2.24, 2.45) is 0 Å². The normalized spacial score (nSPS) is 11.9. The highest BCUT2D eigenvalue weighted by molar-refractivity contribution is 5.83. The van der Waals surface area contributed by atoms with E-state index in [2.05, 4.69) is 0 Å². The smallest absolute Gasteiger partial charge is 0.229 e. The molecule has 1 atom stereocenters. The number of nitrogen functional groups attached to an aromatic ring is 1. The summed E-state index contributed by atoms with van der Waals surface area (Å²) in [6.07, 6.45) is 0. The van der Waals surface area contributed by atoms with Crippen LogP contribution in [0.15, 0.2) is 48.5 Å². The van der Waals surface area contributed by atoms with Gasteiger partial charge in [-0.25, -0.2) is 0 Å². The number of rotatable bonds is 4. The molecule has 0 saturated heterocycles. The van der Waals surface area contributed by atoms with Crippen LogP contribution in [0.1, 0.15) is 24.0 Å². The Balaban J connectivity index is 2.08. The van der Waals surface area contributed by atoms with Crippen molar-refractivity contribution in [2.75, 3.05) is 12.8 Å². The summed E-state index contributed by atoms with van der Waals surface area (Å²) in [5.41, 5.74) is 8.21. The lowest BCUT2D eigenvalue weighted by molar-refractivity contribution is -0.131. The number of carbonyl (C=O) groups excluding carboxylic acids is 1. The van der Waals surface area contributed by atoms with Gasteiger partial charge in [-0.3, -0.25) is 4.79 Å². The van der Waals surface area contributed by atoms with E-state index in [-0.39, 0.29) is 17.6 Å². The van der Waals surface area contributed by atoms with Gasteiger partial charge >= 0.3 is 0 Å². The molecule has 1 unspecified atom stereocenters. The van der Waals surface area contributed by atoms with E-state index in [0.717, 1.165) is 11.1 Å². The quantitative estimate of drug-likeness (QED) is 0.848. The van der Waals surface area contributed by atoms with Crippen molar-refractivity contribution in [1.29, 1.82) is 0 Å². The second-order valence-corrected chi connectivity index (χ2v) is 5.26. The van der Waals surface area contributed by atoms with E-state index in [1.54, 1.807) is 36.2 Å². The lowest BCUT2D eigenvalue weighted by Crippen LogP contribution is -2.30. The molecule has 21 heavy (non-hydrogen) atoms. The largest absolute Gasteiger partial charge is 0.508 e. The van der Waals surface area contributed by atoms with Crippen LogP contribution >= 0.6 is 0 Å². The molecular weight excluding hydrogens is 264 g/mol. The average molecular weight is 284 g/mol. The fourth-order valence-electron chi connectivity index (χ4n) is 2.31. The van der Waals surface area contributed by atoms with Crippen LogP contribution < -0.4 is 5.73 Å². The number of phenolic OH excluding ortho intramolecular Hbond substituents is 1. The number of amides is 1. The first-order valence-electron chi connectivity index (χ1n) is 6.85. The van der Waals surface area contributed by atoms with Crippen LogP contribution in [0.4, 0.5) is 5.69 Å². The number of nitrogens with two attached hydrogens (primary N) is 1. The second-order valence-electron chi connectivity index (χ2n) is 5.26. The lowest BCUT2D eigenvalue weighted by atomic mass is 9.99. The van der Waals surface area contributed by atoms with Crippen molar-refractivity contribution in [1.82, 2.24) is 4.90 Å². The molecule has 0 fully saturated rings. The highest BCUT2D eigenvalue weighted by Gasteiger charge is 2.19. The zero-order valence-corrected chi connectivity index (χ0v) is 12.3. The fourth-order valence-corrected chi connectivity index (χ4v) is 2.31. The molecule has 0 aliphatic heterocycles. The molecule has 0 saturated carbocycles. The van der Waals surface area contributed by atoms with Crippen LogP contribution in [-0.4, -0.2) is 23.0 Å². The van der Waals surface area contributed by atoms with Crippen molar-refractivity contribution >= 4 is 11.6 Å². The number of nitrogens with zero attached hydrogens (tertiary/aromatic N) is 1. The number of hydrogen-bond acceptors (Lipinski definition) is 3. The first-order chi connectivity index (χ1) is 9.97. The molecule has 0 aromatic heterocycles. The molecular formula is C17H20N2O2. The highest BCUT2D eigenvalue weighted by Crippen LogP contribution is 2.21. The molecule has 0 bridgehead atoms. The maximum atomic E-state index is 12.5. The fraction of sp³-hybridized carbons (Fsp3) is 0.235. The predicted molar refractivity (Wildman–Crippen MR) is 83.9 cm³/mol. The van der Waals surface area contributed by atoms with Gasteiger partial charge in [0.05, 0.1) is 5.92 Å². The number of hydrogen-bond donors (Lipinski definition) is 2. The van der Waals surface area contributed by atoms with Crippen molar-refractivity contribution in [3.63, 3.8) is 0 Å². The van der Waals surface area contributed by atoms with E-state index in [1.165, 1.54) is 0 Å². The predicted octanol–water partition coefficient (Wildman–Crippen LogP) is 2.74. The van der Waals surface area contributed by atoms with Gasteiger partial charge in [0.1, 0.15) is 5.75 Å². The van der Waals surface area contributed by atoms with Crippen molar-refractivity contribution in [2.45, 2.75) is 19.4 Å². The van der Waals surface area contributed by atoms with E-state index < -0.39 is 0 Å². The Labute approximate surface area is 124 Å². The monoisotopic (exact) mass is 284 g/mol. The summed E-state index contributed by atoms with van der Waals surface area (Å²) in [6.45, 7) is 2.33. The number of anilines is 1. The molecule has 2 aromatic rings. The van der Waals surface area contributed by atoms with Crippen molar-refractivity contribution < 1.29 is 9.90 Å². The van der Waals surface area contributed by atoms with Gasteiger partial charge in [0.2, 0.25) is 5.91 Å². The van der Waals surface area contributed by atoms with Gasteiger partial charge in [-0.05, 0) is 42.3 Å². The van der Waals surface area contributed by atoms with Crippen LogP contribution in [0.5, 0.6) is 5.75 Å². The zero-order valence-electron chi connectivity index (χ0n) is 12.3. The molecule has 0 spiro atoms. The second kappa shape index (κ2) is 6.31. The molecule has 4 nitrogen and oxygen atoms in total. The third-order valence-corrected chi connectivity index (χ3v) is 3.49. The third kappa shape index (κ3) is 3.75. The molecule has 0 radical (unpaired) electrons. The van der Waals surface area contributed by atoms with Gasteiger partial charge in [-0.15, -0.1) is 0 Å². The Morgan fingerprint density at radius 2 is 1.95 bits per heavy atom. The van der Waals surface area contributed by atoms with Gasteiger partial charge in [0, 0.05) is 19.3 Å². The third-order valence-electron chi connectivity index (χ3n) is 3.49. The standard InChI is InChI=1S/C17H20N2O2/c1-12(14-6-4-7-15(18)10-14)17(21)19(2)11-13-5-3-8-16(20)9-13/h3-10,12,20H,11,18H2,1-2H3. The van der Waals surface area contributed by atoms with Crippen LogP contribution in [-0.2, 0) is 11.3 Å². The van der Waals surface area contributed by atoms with Crippen LogP contribution in [0, 0.1) is 0 Å². The van der Waals surface area contributed by atoms with Crippen LogP contribution in [0.25, 0.3) is 0 Å². The summed E-state index contributed by atoms with van der Waals surface area (Å²) in [7, 11) is 1.76. The molecule has 0 aliphatic rings. The van der Waals surface area contributed by atoms with E-state index in [0.29, 0.717) is 12.2 Å². The minimum atomic E-state index is -0.254. The number of likely N-dealkylation sites (N-methyl/N-ethyl adjacent to an activating group) is 1. The Morgan fingerprint density at radius 1 is 1.24 bits per heavy atom. The summed E-state index contributed by atoms with van der Waals surface area (Å²) < 4.78 is 0. The Morgan fingerprint density at radius 3 is 2.62 bits per heavy atom. The summed E-state index contributed by atoms with van der Waals surface area (Å²) in [5.74, 6) is -0.0306. The summed E-state index contributed by atoms with van der Waals surface area (Å²) in [6, 6.07) is 14.3. The number of phenols is 1. The highest BCUT2D eigenvalue weighted by atomic mass is 16.3. The van der Waals surface area contributed by atoms with Crippen LogP contribution in [0.3, 0.4) is 0 Å². The lowest BCUT2D eigenvalue weighted by Gasteiger charge is -2.22. The number of carbonyl (C=O) groups is 1. The molecule has 0 aliphatic carbocycles. The van der Waals surface area contributed by atoms with E-state index >= 15 is 0 Å². The molecule has 0 heterocycles. The molecule has 3 N–H and O–H groups in total. The van der Waals surface area contributed by atoms with E-state index in [4.69, 9.17) is 5.73 Å². The van der Waals surface area contributed by atoms with Crippen LogP contribution in [0.2, 0.25) is 0 Å². The van der Waals surface area contributed by atoms with Gasteiger partial charge in [-0.2, -0.15) is 0 Å². The maximum absolute atomic E-state index is 12.5. The number of aromatic hydroxyl groups is 1. The Kier molecular flexibility index (Phi) is 4.48. The summed E-state index contributed by atoms with van der Waals surface area (Å²) in [5, 5.41) is 9.46. The number of benzene rings is 2. The molecule has 1 amide bonds. The molecule has 2 rings (SSSR count). The topological polar surface area (TPSA) is 66.6 Å². The van der Waals surface area contributed by atoms with E-state index in [9.17, 15) is 9.90 Å². The first kappa shape index (κ1) is 14.9. The average Bonchev–Trinajstić information content (AvgIpc) is 2.45. The molecule has 110 valence electrons.